The first-order valence-electron chi connectivity index (χ1n) is 19.0. The second kappa shape index (κ2) is 26.3. The quantitative estimate of drug-likeness (QED) is 0.0733. The molecule has 0 aliphatic carbocycles. The Balaban J connectivity index is 0.000000768. The van der Waals surface area contributed by atoms with Crippen LogP contribution in [-0.2, 0) is 19.1 Å². The van der Waals surface area contributed by atoms with Crippen LogP contribution in [-0.4, -0.2) is 37.6 Å². The van der Waals surface area contributed by atoms with Crippen molar-refractivity contribution in [3.05, 3.63) is 94.4 Å². The number of rotatable bonds is 13. The number of ether oxygens (including phenoxy) is 1. The predicted octanol–water partition coefficient (Wildman–Crippen LogP) is 11.7. The lowest BCUT2D eigenvalue weighted by atomic mass is 9.89. The smallest absolute Gasteiger partial charge is 0.163 e. The van der Waals surface area contributed by atoms with Gasteiger partial charge in [-0.2, -0.15) is 0 Å². The van der Waals surface area contributed by atoms with Crippen LogP contribution in [0.3, 0.4) is 0 Å². The first-order chi connectivity index (χ1) is 24.4. The molecule has 1 unspecified atom stereocenters. The topological polar surface area (TPSA) is 72.5 Å². The molecule has 2 atom stereocenters. The van der Waals surface area contributed by atoms with Crippen molar-refractivity contribution in [2.75, 3.05) is 20.3 Å². The normalized spacial score (nSPS) is 13.8. The molecule has 1 heterocycles. The van der Waals surface area contributed by atoms with Gasteiger partial charge >= 0.3 is 0 Å². The third kappa shape index (κ3) is 18.8. The fraction of sp³-hybridized carbons (Fsp3) is 0.543. The molecule has 0 spiro atoms. The zero-order chi connectivity index (χ0) is 40.0. The molecule has 5 nitrogen and oxygen atoms in total. The van der Waals surface area contributed by atoms with Gasteiger partial charge in [0.2, 0.25) is 0 Å². The lowest BCUT2D eigenvalue weighted by Crippen LogP contribution is -2.20. The lowest BCUT2D eigenvalue weighted by Gasteiger charge is -2.21. The third-order valence-corrected chi connectivity index (χ3v) is 9.06. The molecule has 1 aliphatic heterocycles. The van der Waals surface area contributed by atoms with Crippen molar-refractivity contribution in [1.29, 1.82) is 0 Å². The minimum atomic E-state index is -0.231. The molecule has 1 N–H and O–H groups in total. The van der Waals surface area contributed by atoms with Crippen molar-refractivity contribution in [3.63, 3.8) is 0 Å². The molecule has 0 saturated carbocycles. The van der Waals surface area contributed by atoms with Crippen LogP contribution in [0.5, 0.6) is 0 Å². The van der Waals surface area contributed by atoms with Crippen molar-refractivity contribution in [1.82, 2.24) is 5.32 Å². The molecule has 6 heteroatoms. The molecule has 0 bridgehead atoms. The average Bonchev–Trinajstić information content (AvgIpc) is 3.06. The minimum absolute atomic E-state index is 0.0854. The second-order valence-corrected chi connectivity index (χ2v) is 14.6. The summed E-state index contributed by atoms with van der Waals surface area (Å²) in [6.07, 6.45) is 14.0. The van der Waals surface area contributed by atoms with Crippen LogP contribution in [0.1, 0.15) is 128 Å². The van der Waals surface area contributed by atoms with E-state index < -0.39 is 0 Å². The van der Waals surface area contributed by atoms with Crippen LogP contribution in [0.2, 0.25) is 0 Å². The maximum absolute atomic E-state index is 14.6. The van der Waals surface area contributed by atoms with Crippen LogP contribution >= 0.6 is 0 Å². The summed E-state index contributed by atoms with van der Waals surface area (Å²) in [4.78, 5) is 33.1. The number of allylic oxidation sites excluding steroid dienone is 5. The second-order valence-electron chi connectivity index (χ2n) is 14.6. The van der Waals surface area contributed by atoms with E-state index in [-0.39, 0.29) is 34.8 Å². The highest BCUT2D eigenvalue weighted by atomic mass is 19.1. The molecule has 0 radical (unpaired) electrons. The first kappa shape index (κ1) is 48.5. The van der Waals surface area contributed by atoms with Crippen LogP contribution < -0.4 is 5.32 Å². The Hall–Kier alpha value is -3.48. The molecule has 290 valence electrons. The summed E-state index contributed by atoms with van der Waals surface area (Å²) < 4.78 is 19.8. The van der Waals surface area contributed by atoms with Gasteiger partial charge in [0.1, 0.15) is 11.6 Å². The molecule has 3 rings (SSSR count). The van der Waals surface area contributed by atoms with Gasteiger partial charge in [0, 0.05) is 25.7 Å². The number of Topliss-reactive ketones (excluding diaryl/α,β-unsaturated/α-hetero) is 3. The predicted molar refractivity (Wildman–Crippen MR) is 219 cm³/mol. The van der Waals surface area contributed by atoms with Crippen LogP contribution in [0, 0.1) is 51.3 Å². The molecule has 0 aromatic heterocycles. The van der Waals surface area contributed by atoms with E-state index in [4.69, 9.17) is 4.74 Å². The first-order valence-corrected chi connectivity index (χ1v) is 19.0. The maximum Gasteiger partial charge on any atom is 0.163 e. The molecule has 52 heavy (non-hydrogen) atoms. The SMILES string of the molecule is C/C=C\C=C(C(C)=O)C(C)=O.C=C[C@@H](C)CC(C)C.CCCC1CCOCC1.CNC(CC(C)=O)c1cc(-c2c(C)cc(C)cc2C)cc(F)c1C. The Morgan fingerprint density at radius 2 is 1.52 bits per heavy atom. The fourth-order valence-electron chi connectivity index (χ4n) is 6.45. The molecule has 1 aliphatic rings. The number of halogens is 1. The summed E-state index contributed by atoms with van der Waals surface area (Å²) in [5, 5.41) is 3.15. The average molecular weight is 720 g/mol. The van der Waals surface area contributed by atoms with Gasteiger partial charge in [-0.25, -0.2) is 4.39 Å². The zero-order valence-corrected chi connectivity index (χ0v) is 34.8. The zero-order valence-electron chi connectivity index (χ0n) is 34.8. The van der Waals surface area contributed by atoms with Gasteiger partial charge < -0.3 is 10.1 Å². The van der Waals surface area contributed by atoms with E-state index in [1.165, 1.54) is 57.6 Å². The molecule has 0 amide bonds. The van der Waals surface area contributed by atoms with Crippen LogP contribution in [0.15, 0.2) is 60.7 Å². The molecule has 2 aromatic rings. The molecule has 1 saturated heterocycles. The largest absolute Gasteiger partial charge is 0.381 e. The number of benzene rings is 2. The van der Waals surface area contributed by atoms with Crippen LogP contribution in [0.4, 0.5) is 4.39 Å². The Labute approximate surface area is 316 Å². The molecular weight excluding hydrogens is 650 g/mol. The van der Waals surface area contributed by atoms with Gasteiger partial charge in [0.25, 0.3) is 0 Å². The number of carbonyl (C=O) groups is 3. The number of hydrogen-bond donors (Lipinski definition) is 1. The Bertz CT molecular complexity index is 1440. The Kier molecular flexibility index (Phi) is 24.5. The molecule has 2 aromatic carbocycles. The van der Waals surface area contributed by atoms with Crippen molar-refractivity contribution in [2.45, 2.75) is 128 Å². The fourth-order valence-corrected chi connectivity index (χ4v) is 6.45. The van der Waals surface area contributed by atoms with E-state index in [1.54, 1.807) is 39.1 Å². The van der Waals surface area contributed by atoms with Crippen molar-refractivity contribution < 1.29 is 23.5 Å². The van der Waals surface area contributed by atoms with Gasteiger partial charge in [-0.3, -0.25) is 14.4 Å². The third-order valence-electron chi connectivity index (χ3n) is 9.06. The van der Waals surface area contributed by atoms with E-state index in [2.05, 4.69) is 72.5 Å². The summed E-state index contributed by atoms with van der Waals surface area (Å²) in [5.74, 6) is 1.96. The van der Waals surface area contributed by atoms with E-state index in [1.807, 2.05) is 19.1 Å². The summed E-state index contributed by atoms with van der Waals surface area (Å²) >= 11 is 0. The van der Waals surface area contributed by atoms with Crippen molar-refractivity contribution in [3.8, 4) is 11.1 Å². The Morgan fingerprint density at radius 3 is 1.92 bits per heavy atom. The van der Waals surface area contributed by atoms with E-state index in [0.29, 0.717) is 17.9 Å². The van der Waals surface area contributed by atoms with E-state index in [9.17, 15) is 18.8 Å². The number of carbonyl (C=O) groups excluding carboxylic acids is 3. The number of ketones is 3. The highest BCUT2D eigenvalue weighted by Gasteiger charge is 2.19. The Morgan fingerprint density at radius 1 is 0.962 bits per heavy atom. The number of hydrogen-bond acceptors (Lipinski definition) is 5. The van der Waals surface area contributed by atoms with E-state index >= 15 is 0 Å². The van der Waals surface area contributed by atoms with Gasteiger partial charge in [0.15, 0.2) is 11.6 Å². The van der Waals surface area contributed by atoms with Crippen molar-refractivity contribution >= 4 is 17.3 Å². The van der Waals surface area contributed by atoms with Gasteiger partial charge in [-0.15, -0.1) is 6.58 Å². The maximum atomic E-state index is 14.6. The van der Waals surface area contributed by atoms with E-state index in [0.717, 1.165) is 52.9 Å². The van der Waals surface area contributed by atoms with Gasteiger partial charge in [-0.05, 0) is 151 Å². The highest BCUT2D eigenvalue weighted by Crippen LogP contribution is 2.33. The summed E-state index contributed by atoms with van der Waals surface area (Å²) in [6.45, 7) is 28.8. The highest BCUT2D eigenvalue weighted by molar-refractivity contribution is 6.18. The summed E-state index contributed by atoms with van der Waals surface area (Å²) in [6, 6.07) is 7.68. The molecular formula is C46H70FNO4. The lowest BCUT2D eigenvalue weighted by molar-refractivity contribution is -0.119. The standard InChI is InChI=1S/C21H26FNO.C9H12O2.C8H16O.C8H16/c1-12-7-13(2)21(14(3)8-12)17-10-18(16(5)19(22)11-17)20(23-6)9-15(4)24;1-4-5-6-9(7(2)10)8(3)11;1-2-3-8-4-6-9-7-5-8;1-5-8(4)6-7(2)3/h7-8,10-11,20,23H,9H2,1-6H3;4-6H,1-3H3;8H,2-7H2,1H3;5,7-8H,1,6H2,2-4H3/b;5-4-;;/t;;;8-/m...1/s1. The molecule has 1 fully saturated rings. The van der Waals surface area contributed by atoms with Crippen LogP contribution in [0.25, 0.3) is 11.1 Å². The summed E-state index contributed by atoms with van der Waals surface area (Å²) in [5.41, 5.74) is 7.10. The minimum Gasteiger partial charge on any atom is -0.381 e. The van der Waals surface area contributed by atoms with Gasteiger partial charge in [0.05, 0.1) is 5.57 Å². The summed E-state index contributed by atoms with van der Waals surface area (Å²) in [7, 11) is 1.81. The van der Waals surface area contributed by atoms with Gasteiger partial charge in [-0.1, -0.05) is 76.5 Å². The van der Waals surface area contributed by atoms with Crippen molar-refractivity contribution in [2.24, 2.45) is 17.8 Å². The number of nitrogens with one attached hydrogen (secondary N) is 1. The number of aryl methyl sites for hydroxylation is 3. The monoisotopic (exact) mass is 720 g/mol.